The number of non-ortho nitro benzene ring substituents is 1. The highest BCUT2D eigenvalue weighted by molar-refractivity contribution is 5.97. The highest BCUT2D eigenvalue weighted by Gasteiger charge is 2.20. The molecule has 0 aliphatic carbocycles. The standard InChI is InChI=1S/C16H13FN2O6/c1-24-14-7-6-10(19(22)23)8-11(14)16(21)25-9-15(20)18-13-5-3-2-4-12(13)17/h2-8H,9H2,1H3,(H,18,20). The number of carbonyl (C=O) groups is 2. The molecule has 9 heteroatoms. The van der Waals surface area contributed by atoms with Crippen LogP contribution in [0.3, 0.4) is 0 Å². The van der Waals surface area contributed by atoms with E-state index in [-0.39, 0.29) is 22.7 Å². The number of benzene rings is 2. The summed E-state index contributed by atoms with van der Waals surface area (Å²) in [7, 11) is 1.28. The summed E-state index contributed by atoms with van der Waals surface area (Å²) < 4.78 is 23.2. The SMILES string of the molecule is COc1ccc([N+](=O)[O-])cc1C(=O)OCC(=O)Nc1ccccc1F. The van der Waals surface area contributed by atoms with Crippen molar-refractivity contribution in [3.63, 3.8) is 0 Å². The smallest absolute Gasteiger partial charge is 0.342 e. The van der Waals surface area contributed by atoms with Crippen LogP contribution in [0.4, 0.5) is 15.8 Å². The number of nitro groups is 1. The van der Waals surface area contributed by atoms with E-state index >= 15 is 0 Å². The maximum Gasteiger partial charge on any atom is 0.342 e. The second kappa shape index (κ2) is 7.86. The number of rotatable bonds is 6. The summed E-state index contributed by atoms with van der Waals surface area (Å²) in [5.41, 5.74) is -0.588. The first-order valence-corrected chi connectivity index (χ1v) is 6.96. The first-order valence-electron chi connectivity index (χ1n) is 6.96. The molecule has 0 saturated heterocycles. The maximum absolute atomic E-state index is 13.4. The van der Waals surface area contributed by atoms with Gasteiger partial charge in [0.2, 0.25) is 0 Å². The number of nitro benzene ring substituents is 1. The average Bonchev–Trinajstić information content (AvgIpc) is 2.61. The Bertz CT molecular complexity index is 824. The number of ether oxygens (including phenoxy) is 2. The molecule has 2 rings (SSSR count). The van der Waals surface area contributed by atoms with Gasteiger partial charge in [-0.1, -0.05) is 12.1 Å². The second-order valence-electron chi connectivity index (χ2n) is 4.75. The third-order valence-electron chi connectivity index (χ3n) is 3.10. The van der Waals surface area contributed by atoms with Crippen LogP contribution < -0.4 is 10.1 Å². The van der Waals surface area contributed by atoms with Crippen molar-refractivity contribution in [2.75, 3.05) is 19.0 Å². The Morgan fingerprint density at radius 1 is 1.24 bits per heavy atom. The Kier molecular flexibility index (Phi) is 5.62. The summed E-state index contributed by atoms with van der Waals surface area (Å²) >= 11 is 0. The Labute approximate surface area is 141 Å². The molecule has 0 radical (unpaired) electrons. The molecule has 1 N–H and O–H groups in total. The zero-order valence-corrected chi connectivity index (χ0v) is 13.0. The van der Waals surface area contributed by atoms with Crippen molar-refractivity contribution in [1.82, 2.24) is 0 Å². The van der Waals surface area contributed by atoms with E-state index in [0.717, 1.165) is 12.1 Å². The summed E-state index contributed by atoms with van der Waals surface area (Å²) in [4.78, 5) is 33.9. The molecule has 0 aliphatic heterocycles. The number of carbonyl (C=O) groups excluding carboxylic acids is 2. The van der Waals surface area contributed by atoms with Crippen LogP contribution in [0.25, 0.3) is 0 Å². The molecule has 2 aromatic carbocycles. The molecule has 130 valence electrons. The molecular weight excluding hydrogens is 335 g/mol. The molecule has 1 amide bonds. The third kappa shape index (κ3) is 4.50. The molecule has 8 nitrogen and oxygen atoms in total. The van der Waals surface area contributed by atoms with Gasteiger partial charge in [0.25, 0.3) is 11.6 Å². The van der Waals surface area contributed by atoms with E-state index in [1.54, 1.807) is 0 Å². The number of esters is 1. The second-order valence-corrected chi connectivity index (χ2v) is 4.75. The summed E-state index contributed by atoms with van der Waals surface area (Å²) in [5, 5.41) is 13.0. The molecule has 0 fully saturated rings. The van der Waals surface area contributed by atoms with Gasteiger partial charge in [0.1, 0.15) is 17.1 Å². The Hall–Kier alpha value is -3.49. The van der Waals surface area contributed by atoms with Crippen molar-refractivity contribution >= 4 is 23.3 Å². The minimum Gasteiger partial charge on any atom is -0.496 e. The minimum absolute atomic E-state index is 0.0588. The first-order chi connectivity index (χ1) is 11.9. The van der Waals surface area contributed by atoms with Gasteiger partial charge in [-0.3, -0.25) is 14.9 Å². The summed E-state index contributed by atoms with van der Waals surface area (Å²) in [6.45, 7) is -0.695. The normalized spacial score (nSPS) is 10.0. The Balaban J connectivity index is 2.04. The number of methoxy groups -OCH3 is 1. The van der Waals surface area contributed by atoms with E-state index in [9.17, 15) is 24.1 Å². The van der Waals surface area contributed by atoms with E-state index in [1.165, 1.54) is 37.4 Å². The summed E-state index contributed by atoms with van der Waals surface area (Å²) in [5.74, 6) is -2.32. The van der Waals surface area contributed by atoms with Gasteiger partial charge in [-0.05, 0) is 18.2 Å². The van der Waals surface area contributed by atoms with Crippen molar-refractivity contribution in [1.29, 1.82) is 0 Å². The van der Waals surface area contributed by atoms with Crippen molar-refractivity contribution < 1.29 is 28.4 Å². The lowest BCUT2D eigenvalue weighted by molar-refractivity contribution is -0.384. The Morgan fingerprint density at radius 3 is 2.60 bits per heavy atom. The highest BCUT2D eigenvalue weighted by atomic mass is 19.1. The van der Waals surface area contributed by atoms with Gasteiger partial charge in [0.05, 0.1) is 17.7 Å². The molecule has 25 heavy (non-hydrogen) atoms. The molecule has 0 saturated carbocycles. The number of halogens is 1. The van der Waals surface area contributed by atoms with Crippen LogP contribution in [-0.2, 0) is 9.53 Å². The molecule has 2 aromatic rings. The summed E-state index contributed by atoms with van der Waals surface area (Å²) in [6, 6.07) is 8.89. The van der Waals surface area contributed by atoms with Crippen molar-refractivity contribution in [3.05, 3.63) is 64.0 Å². The predicted molar refractivity (Wildman–Crippen MR) is 85.0 cm³/mol. The van der Waals surface area contributed by atoms with Crippen LogP contribution in [0.5, 0.6) is 5.75 Å². The zero-order chi connectivity index (χ0) is 18.4. The number of anilines is 1. The van der Waals surface area contributed by atoms with Gasteiger partial charge in [0.15, 0.2) is 6.61 Å². The zero-order valence-electron chi connectivity index (χ0n) is 13.0. The molecule has 0 aliphatic rings. The van der Waals surface area contributed by atoms with Crippen LogP contribution in [0.2, 0.25) is 0 Å². The van der Waals surface area contributed by atoms with E-state index in [0.29, 0.717) is 0 Å². The fraction of sp³-hybridized carbons (Fsp3) is 0.125. The van der Waals surface area contributed by atoms with Gasteiger partial charge in [-0.15, -0.1) is 0 Å². The van der Waals surface area contributed by atoms with Crippen LogP contribution in [0.1, 0.15) is 10.4 Å². The molecular formula is C16H13FN2O6. The minimum atomic E-state index is -0.982. The predicted octanol–water partition coefficient (Wildman–Crippen LogP) is 2.54. The summed E-state index contributed by atoms with van der Waals surface area (Å²) in [6.07, 6.45) is 0. The van der Waals surface area contributed by atoms with E-state index in [4.69, 9.17) is 9.47 Å². The fourth-order valence-corrected chi connectivity index (χ4v) is 1.93. The van der Waals surface area contributed by atoms with E-state index in [2.05, 4.69) is 5.32 Å². The lowest BCUT2D eigenvalue weighted by atomic mass is 10.2. The molecule has 0 aromatic heterocycles. The van der Waals surface area contributed by atoms with Crippen LogP contribution >= 0.6 is 0 Å². The lowest BCUT2D eigenvalue weighted by Gasteiger charge is -2.09. The molecule has 0 spiro atoms. The maximum atomic E-state index is 13.4. The quantitative estimate of drug-likeness (QED) is 0.488. The monoisotopic (exact) mass is 348 g/mol. The highest BCUT2D eigenvalue weighted by Crippen LogP contribution is 2.24. The Morgan fingerprint density at radius 2 is 1.96 bits per heavy atom. The van der Waals surface area contributed by atoms with Gasteiger partial charge in [0, 0.05) is 12.1 Å². The largest absolute Gasteiger partial charge is 0.496 e. The third-order valence-corrected chi connectivity index (χ3v) is 3.10. The van der Waals surface area contributed by atoms with Gasteiger partial charge < -0.3 is 14.8 Å². The number of hydrogen-bond donors (Lipinski definition) is 1. The first kappa shape index (κ1) is 17.9. The topological polar surface area (TPSA) is 108 Å². The molecule has 0 heterocycles. The van der Waals surface area contributed by atoms with E-state index in [1.807, 2.05) is 0 Å². The van der Waals surface area contributed by atoms with Gasteiger partial charge in [-0.2, -0.15) is 0 Å². The number of amides is 1. The van der Waals surface area contributed by atoms with Crippen molar-refractivity contribution in [2.24, 2.45) is 0 Å². The molecule has 0 unspecified atom stereocenters. The van der Waals surface area contributed by atoms with E-state index < -0.39 is 29.2 Å². The van der Waals surface area contributed by atoms with Crippen LogP contribution in [0, 0.1) is 15.9 Å². The van der Waals surface area contributed by atoms with Crippen LogP contribution in [0.15, 0.2) is 42.5 Å². The molecule has 0 bridgehead atoms. The average molecular weight is 348 g/mol. The molecule has 0 atom stereocenters. The van der Waals surface area contributed by atoms with Crippen LogP contribution in [-0.4, -0.2) is 30.5 Å². The number of nitrogens with one attached hydrogen (secondary N) is 1. The fourth-order valence-electron chi connectivity index (χ4n) is 1.93. The van der Waals surface area contributed by atoms with Gasteiger partial charge >= 0.3 is 5.97 Å². The number of para-hydroxylation sites is 1. The van der Waals surface area contributed by atoms with Crippen molar-refractivity contribution in [3.8, 4) is 5.75 Å². The van der Waals surface area contributed by atoms with Gasteiger partial charge in [-0.25, -0.2) is 9.18 Å². The number of nitrogens with zero attached hydrogens (tertiary/aromatic N) is 1. The van der Waals surface area contributed by atoms with Crippen molar-refractivity contribution in [2.45, 2.75) is 0 Å². The number of hydrogen-bond acceptors (Lipinski definition) is 6. The lowest BCUT2D eigenvalue weighted by Crippen LogP contribution is -2.21.